The second kappa shape index (κ2) is 4.83. The van der Waals surface area contributed by atoms with Crippen LogP contribution >= 0.6 is 0 Å². The van der Waals surface area contributed by atoms with Gasteiger partial charge in [0.1, 0.15) is 5.82 Å². The molecule has 20 heavy (non-hydrogen) atoms. The van der Waals surface area contributed by atoms with Gasteiger partial charge in [0.05, 0.1) is 23.3 Å². The van der Waals surface area contributed by atoms with E-state index in [0.717, 1.165) is 18.8 Å². The summed E-state index contributed by atoms with van der Waals surface area (Å²) in [6, 6.07) is 0. The number of ether oxygens (including phenoxy) is 1. The topological polar surface area (TPSA) is 56.3 Å². The van der Waals surface area contributed by atoms with Crippen LogP contribution in [0.4, 0.5) is 0 Å². The summed E-state index contributed by atoms with van der Waals surface area (Å²) in [6.07, 6.45) is 4.72. The van der Waals surface area contributed by atoms with Gasteiger partial charge in [-0.25, -0.2) is 4.98 Å². The van der Waals surface area contributed by atoms with Crippen molar-refractivity contribution in [2.45, 2.75) is 57.4 Å². The highest BCUT2D eigenvalue weighted by Crippen LogP contribution is 2.47. The van der Waals surface area contributed by atoms with E-state index in [1.807, 2.05) is 19.4 Å². The lowest BCUT2D eigenvalue weighted by molar-refractivity contribution is -0.102. The molecule has 0 saturated carbocycles. The third-order valence-corrected chi connectivity index (χ3v) is 4.74. The fourth-order valence-electron chi connectivity index (χ4n) is 3.72. The van der Waals surface area contributed by atoms with Crippen LogP contribution in [0.1, 0.15) is 39.9 Å². The Morgan fingerprint density at radius 1 is 1.40 bits per heavy atom. The Labute approximate surface area is 122 Å². The van der Waals surface area contributed by atoms with Gasteiger partial charge in [-0.2, -0.15) is 0 Å². The molecule has 1 aliphatic rings. The Kier molecular flexibility index (Phi) is 3.73. The fourth-order valence-corrected chi connectivity index (χ4v) is 3.72. The molecule has 0 aromatic carbocycles. The van der Waals surface area contributed by atoms with Crippen molar-refractivity contribution < 1.29 is 4.74 Å². The van der Waals surface area contributed by atoms with E-state index >= 15 is 0 Å². The second-order valence-corrected chi connectivity index (χ2v) is 7.09. The highest BCUT2D eigenvalue weighted by molar-refractivity contribution is 5.13. The molecule has 0 aliphatic carbocycles. The number of nitrogens with zero attached hydrogens (tertiary/aromatic N) is 3. The molecule has 0 bridgehead atoms. The number of rotatable bonds is 4. The summed E-state index contributed by atoms with van der Waals surface area (Å²) in [6.45, 7) is 9.91. The molecule has 1 fully saturated rings. The Bertz CT molecular complexity index is 480. The van der Waals surface area contributed by atoms with Crippen LogP contribution < -0.4 is 5.73 Å². The molecule has 1 atom stereocenters. The van der Waals surface area contributed by atoms with Crippen LogP contribution in [-0.2, 0) is 18.3 Å². The van der Waals surface area contributed by atoms with Crippen LogP contribution in [0.2, 0.25) is 0 Å². The summed E-state index contributed by atoms with van der Waals surface area (Å²) in [5.41, 5.74) is 5.57. The Morgan fingerprint density at radius 3 is 2.45 bits per heavy atom. The minimum absolute atomic E-state index is 0.154. The summed E-state index contributed by atoms with van der Waals surface area (Å²) < 4.78 is 8.31. The highest BCUT2D eigenvalue weighted by Gasteiger charge is 2.58. The molecule has 1 aliphatic heterocycles. The first-order valence-electron chi connectivity index (χ1n) is 7.21. The third-order valence-electron chi connectivity index (χ3n) is 4.74. The molecule has 2 heterocycles. The Hall–Kier alpha value is -0.910. The normalized spacial score (nSPS) is 28.2. The van der Waals surface area contributed by atoms with Crippen LogP contribution in [0, 0.1) is 0 Å². The monoisotopic (exact) mass is 280 g/mol. The number of hydrogen-bond donors (Lipinski definition) is 1. The molecule has 5 nitrogen and oxygen atoms in total. The zero-order valence-electron chi connectivity index (χ0n) is 13.6. The van der Waals surface area contributed by atoms with Gasteiger partial charge in [-0.15, -0.1) is 0 Å². The number of likely N-dealkylation sites (N-methyl/N-ethyl adjacent to an activating group) is 1. The molecule has 5 heteroatoms. The molecular weight excluding hydrogens is 252 g/mol. The molecule has 114 valence electrons. The maximum absolute atomic E-state index is 6.26. The first kappa shape index (κ1) is 15.5. The molecule has 1 saturated heterocycles. The van der Waals surface area contributed by atoms with Crippen LogP contribution in [0.5, 0.6) is 0 Å². The van der Waals surface area contributed by atoms with Crippen molar-refractivity contribution in [3.8, 4) is 0 Å². The van der Waals surface area contributed by atoms with Crippen molar-refractivity contribution in [3.63, 3.8) is 0 Å². The fraction of sp³-hybridized carbons (Fsp3) is 0.800. The van der Waals surface area contributed by atoms with Crippen LogP contribution in [0.25, 0.3) is 0 Å². The van der Waals surface area contributed by atoms with Gasteiger partial charge in [0.2, 0.25) is 0 Å². The molecule has 0 spiro atoms. The van der Waals surface area contributed by atoms with Crippen molar-refractivity contribution >= 4 is 0 Å². The van der Waals surface area contributed by atoms with E-state index in [2.05, 4.69) is 49.2 Å². The second-order valence-electron chi connectivity index (χ2n) is 7.09. The number of hydrogen-bond acceptors (Lipinski definition) is 4. The van der Waals surface area contributed by atoms with Gasteiger partial charge in [-0.1, -0.05) is 0 Å². The average Bonchev–Trinajstić information content (AvgIpc) is 2.77. The van der Waals surface area contributed by atoms with Gasteiger partial charge < -0.3 is 15.0 Å². The quantitative estimate of drug-likeness (QED) is 0.908. The van der Waals surface area contributed by atoms with Gasteiger partial charge in [0, 0.05) is 26.0 Å². The summed E-state index contributed by atoms with van der Waals surface area (Å²) in [5.74, 6) is 1.04. The minimum atomic E-state index is -0.287. The lowest BCUT2D eigenvalue weighted by Crippen LogP contribution is -2.62. The molecule has 0 amide bonds. The molecule has 1 aromatic rings. The van der Waals surface area contributed by atoms with Crippen molar-refractivity contribution in [1.82, 2.24) is 14.5 Å². The average molecular weight is 280 g/mol. The summed E-state index contributed by atoms with van der Waals surface area (Å²) in [7, 11) is 4.14. The van der Waals surface area contributed by atoms with Gasteiger partial charge >= 0.3 is 0 Å². The standard InChI is InChI=1S/C15H28N4O/c1-13(2)10-15(11-16,14(3,4)20-13)19(6)9-12-17-7-8-18(12)5/h7-8H,9-11,16H2,1-6H3. The Balaban J connectivity index is 2.29. The SMILES string of the molecule is CN(Cc1nccn1C)C1(CN)CC(C)(C)OC1(C)C. The lowest BCUT2D eigenvalue weighted by Gasteiger charge is -2.45. The molecule has 1 unspecified atom stereocenters. The summed E-state index contributed by atoms with van der Waals surface area (Å²) in [4.78, 5) is 6.73. The summed E-state index contributed by atoms with van der Waals surface area (Å²) in [5, 5.41) is 0. The zero-order chi connectivity index (χ0) is 15.2. The van der Waals surface area contributed by atoms with Crippen molar-refractivity contribution in [1.29, 1.82) is 0 Å². The van der Waals surface area contributed by atoms with E-state index in [4.69, 9.17) is 10.5 Å². The van der Waals surface area contributed by atoms with Crippen LogP contribution in [0.3, 0.4) is 0 Å². The molecular formula is C15H28N4O. The predicted octanol–water partition coefficient (Wildman–Crippen LogP) is 1.53. The van der Waals surface area contributed by atoms with Gasteiger partial charge in [0.15, 0.2) is 0 Å². The van der Waals surface area contributed by atoms with Gasteiger partial charge in [-0.3, -0.25) is 4.90 Å². The highest BCUT2D eigenvalue weighted by atomic mass is 16.5. The van der Waals surface area contributed by atoms with Crippen LogP contribution in [-0.4, -0.2) is 44.8 Å². The zero-order valence-corrected chi connectivity index (χ0v) is 13.6. The van der Waals surface area contributed by atoms with Crippen LogP contribution in [0.15, 0.2) is 12.4 Å². The molecule has 1 aromatic heterocycles. The number of aryl methyl sites for hydroxylation is 1. The largest absolute Gasteiger partial charge is 0.368 e. The van der Waals surface area contributed by atoms with Gasteiger partial charge in [0.25, 0.3) is 0 Å². The number of imidazole rings is 1. The van der Waals surface area contributed by atoms with E-state index in [1.54, 1.807) is 0 Å². The van der Waals surface area contributed by atoms with E-state index in [9.17, 15) is 0 Å². The first-order valence-corrected chi connectivity index (χ1v) is 7.21. The minimum Gasteiger partial charge on any atom is -0.368 e. The smallest absolute Gasteiger partial charge is 0.122 e. The molecule has 0 radical (unpaired) electrons. The first-order chi connectivity index (χ1) is 9.13. The molecule has 2 N–H and O–H groups in total. The van der Waals surface area contributed by atoms with E-state index < -0.39 is 0 Å². The Morgan fingerprint density at radius 2 is 2.05 bits per heavy atom. The molecule has 2 rings (SSSR count). The van der Waals surface area contributed by atoms with Crippen molar-refractivity contribution in [2.24, 2.45) is 12.8 Å². The lowest BCUT2D eigenvalue weighted by atomic mass is 9.77. The van der Waals surface area contributed by atoms with Gasteiger partial charge in [-0.05, 0) is 41.2 Å². The van der Waals surface area contributed by atoms with E-state index in [0.29, 0.717) is 6.54 Å². The van der Waals surface area contributed by atoms with Crippen molar-refractivity contribution in [3.05, 3.63) is 18.2 Å². The maximum Gasteiger partial charge on any atom is 0.122 e. The number of aromatic nitrogens is 2. The third kappa shape index (κ3) is 2.38. The summed E-state index contributed by atoms with van der Waals surface area (Å²) >= 11 is 0. The van der Waals surface area contributed by atoms with Crippen molar-refractivity contribution in [2.75, 3.05) is 13.6 Å². The predicted molar refractivity (Wildman–Crippen MR) is 80.3 cm³/mol. The van der Waals surface area contributed by atoms with E-state index in [-0.39, 0.29) is 16.7 Å². The number of nitrogens with two attached hydrogens (primary N) is 1. The maximum atomic E-state index is 6.26. The van der Waals surface area contributed by atoms with E-state index in [1.165, 1.54) is 0 Å².